The van der Waals surface area contributed by atoms with Gasteiger partial charge in [0.05, 0.1) is 6.42 Å². The fourth-order valence-corrected chi connectivity index (χ4v) is 6.99. The molecule has 0 bridgehead atoms. The highest BCUT2D eigenvalue weighted by Gasteiger charge is 2.29. The van der Waals surface area contributed by atoms with E-state index in [4.69, 9.17) is 18.9 Å². The van der Waals surface area contributed by atoms with E-state index in [9.17, 15) is 29.1 Å². The summed E-state index contributed by atoms with van der Waals surface area (Å²) in [6.45, 7) is 8.63. The lowest BCUT2D eigenvalue weighted by Gasteiger charge is -2.23. The second kappa shape index (κ2) is 39.3. The number of ether oxygens (including phenoxy) is 4. The van der Waals surface area contributed by atoms with Gasteiger partial charge >= 0.3 is 30.0 Å². The molecule has 0 aliphatic heterocycles. The highest BCUT2D eigenvalue weighted by Crippen LogP contribution is 2.16. The van der Waals surface area contributed by atoms with Crippen molar-refractivity contribution in [3.05, 3.63) is 0 Å². The van der Waals surface area contributed by atoms with Crippen molar-refractivity contribution in [2.75, 3.05) is 13.2 Å². The average Bonchev–Trinajstić information content (AvgIpc) is 3.17. The van der Waals surface area contributed by atoms with Crippen LogP contribution in [0.1, 0.15) is 247 Å². The van der Waals surface area contributed by atoms with Crippen molar-refractivity contribution in [1.82, 2.24) is 5.32 Å². The summed E-state index contributed by atoms with van der Waals surface area (Å²) >= 11 is 0. The molecule has 11 heteroatoms. The average molecular weight is 840 g/mol. The van der Waals surface area contributed by atoms with Crippen molar-refractivity contribution in [2.24, 2.45) is 0 Å². The number of carboxylic acid groups (broad SMARTS) is 1. The molecule has 0 aliphatic carbocycles. The number of carbonyl (C=O) groups is 5. The van der Waals surface area contributed by atoms with Gasteiger partial charge in [-0.3, -0.25) is 14.4 Å². The van der Waals surface area contributed by atoms with Crippen molar-refractivity contribution < 1.29 is 48.0 Å². The Morgan fingerprint density at radius 1 is 0.492 bits per heavy atom. The molecule has 11 nitrogen and oxygen atoms in total. The standard InChI is InChI=1S/C48H89NO10/c1-6-8-10-12-14-16-18-20-22-24-26-28-30-32-34-36-44(52)56-39-41(40-57-46(54)42(38-43(50)51)49-47(55)59-48(3,4)5)58-45(53)37-35-33-31-29-27-25-23-21-19-17-15-13-11-9-7-2/h41-42H,6-40H2,1-5H3,(H,49,55)(H,50,51). The smallest absolute Gasteiger partial charge is 0.408 e. The summed E-state index contributed by atoms with van der Waals surface area (Å²) in [5, 5.41) is 11.6. The number of aliphatic carboxylic acids is 1. The van der Waals surface area contributed by atoms with E-state index in [1.165, 1.54) is 141 Å². The van der Waals surface area contributed by atoms with Crippen LogP contribution in [-0.4, -0.2) is 66.0 Å². The van der Waals surface area contributed by atoms with Crippen LogP contribution in [0.25, 0.3) is 0 Å². The molecule has 59 heavy (non-hydrogen) atoms. The van der Waals surface area contributed by atoms with E-state index in [-0.39, 0.29) is 19.4 Å². The monoisotopic (exact) mass is 840 g/mol. The molecular formula is C48H89NO10. The largest absolute Gasteiger partial charge is 0.481 e. The highest BCUT2D eigenvalue weighted by atomic mass is 16.6. The molecule has 0 fully saturated rings. The van der Waals surface area contributed by atoms with E-state index in [1.807, 2.05) is 0 Å². The van der Waals surface area contributed by atoms with Gasteiger partial charge < -0.3 is 29.4 Å². The topological polar surface area (TPSA) is 155 Å². The predicted octanol–water partition coefficient (Wildman–Crippen LogP) is 12.9. The summed E-state index contributed by atoms with van der Waals surface area (Å²) in [5.41, 5.74) is -0.871. The molecule has 0 aliphatic rings. The third kappa shape index (κ3) is 40.3. The summed E-state index contributed by atoms with van der Waals surface area (Å²) in [6.07, 6.45) is 34.2. The molecule has 346 valence electrons. The number of amides is 1. The Hall–Kier alpha value is -2.85. The first-order valence-electron chi connectivity index (χ1n) is 24.1. The van der Waals surface area contributed by atoms with Gasteiger partial charge in [0.1, 0.15) is 24.9 Å². The van der Waals surface area contributed by atoms with Crippen molar-refractivity contribution >= 4 is 30.0 Å². The number of unbranched alkanes of at least 4 members (excludes halogenated alkanes) is 28. The molecule has 2 atom stereocenters. The minimum Gasteiger partial charge on any atom is -0.481 e. The number of hydrogen-bond acceptors (Lipinski definition) is 9. The Balaban J connectivity index is 4.67. The summed E-state index contributed by atoms with van der Waals surface area (Å²) in [6, 6.07) is -1.54. The van der Waals surface area contributed by atoms with Gasteiger partial charge in [-0.15, -0.1) is 0 Å². The van der Waals surface area contributed by atoms with Crippen molar-refractivity contribution in [3.63, 3.8) is 0 Å². The molecule has 0 spiro atoms. The Morgan fingerprint density at radius 3 is 1.19 bits per heavy atom. The van der Waals surface area contributed by atoms with Crippen LogP contribution in [0.5, 0.6) is 0 Å². The second-order valence-corrected chi connectivity index (χ2v) is 17.6. The van der Waals surface area contributed by atoms with Crippen molar-refractivity contribution in [3.8, 4) is 0 Å². The van der Waals surface area contributed by atoms with Crippen LogP contribution in [0, 0.1) is 0 Å². The van der Waals surface area contributed by atoms with Crippen LogP contribution >= 0.6 is 0 Å². The van der Waals surface area contributed by atoms with Crippen molar-refractivity contribution in [2.45, 2.75) is 264 Å². The van der Waals surface area contributed by atoms with Gasteiger partial charge in [-0.2, -0.15) is 0 Å². The minimum atomic E-state index is -1.54. The Bertz CT molecular complexity index is 1060. The number of esters is 3. The molecule has 0 saturated heterocycles. The molecule has 0 saturated carbocycles. The number of carboxylic acids is 1. The molecule has 0 aromatic heterocycles. The zero-order chi connectivity index (χ0) is 43.8. The SMILES string of the molecule is CCCCCCCCCCCCCCCCCC(=O)OCC(COC(=O)C(CC(=O)O)NC(=O)OC(C)(C)C)OC(=O)CCCCCCCCCCCCCCCCC. The maximum absolute atomic E-state index is 12.9. The number of rotatable bonds is 41. The van der Waals surface area contributed by atoms with Crippen LogP contribution < -0.4 is 5.32 Å². The lowest BCUT2D eigenvalue weighted by atomic mass is 10.0. The maximum atomic E-state index is 12.9. The summed E-state index contributed by atoms with van der Waals surface area (Å²) in [7, 11) is 0. The summed E-state index contributed by atoms with van der Waals surface area (Å²) < 4.78 is 21.5. The molecule has 2 unspecified atom stereocenters. The number of nitrogens with one attached hydrogen (secondary N) is 1. The van der Waals surface area contributed by atoms with Crippen LogP contribution in [-0.2, 0) is 38.1 Å². The van der Waals surface area contributed by atoms with Crippen LogP contribution in [0.3, 0.4) is 0 Å². The van der Waals surface area contributed by atoms with E-state index < -0.39 is 60.7 Å². The van der Waals surface area contributed by atoms with Gasteiger partial charge in [0.15, 0.2) is 6.10 Å². The van der Waals surface area contributed by atoms with E-state index in [0.29, 0.717) is 12.8 Å². The third-order valence-corrected chi connectivity index (χ3v) is 10.5. The van der Waals surface area contributed by atoms with Crippen LogP contribution in [0.15, 0.2) is 0 Å². The van der Waals surface area contributed by atoms with Gasteiger partial charge in [0, 0.05) is 12.8 Å². The van der Waals surface area contributed by atoms with Gasteiger partial charge in [-0.25, -0.2) is 9.59 Å². The molecule has 0 rings (SSSR count). The number of carbonyl (C=O) groups excluding carboxylic acids is 4. The molecule has 1 amide bonds. The first kappa shape index (κ1) is 56.1. The predicted molar refractivity (Wildman–Crippen MR) is 236 cm³/mol. The fraction of sp³-hybridized carbons (Fsp3) is 0.896. The van der Waals surface area contributed by atoms with Crippen LogP contribution in [0.4, 0.5) is 4.79 Å². The van der Waals surface area contributed by atoms with Crippen molar-refractivity contribution in [1.29, 1.82) is 0 Å². The molecular weight excluding hydrogens is 751 g/mol. The van der Waals surface area contributed by atoms with Crippen LogP contribution in [0.2, 0.25) is 0 Å². The van der Waals surface area contributed by atoms with E-state index in [0.717, 1.165) is 38.5 Å². The van der Waals surface area contributed by atoms with Gasteiger partial charge in [0.2, 0.25) is 0 Å². The Labute approximate surface area is 359 Å². The molecule has 0 aromatic carbocycles. The lowest BCUT2D eigenvalue weighted by molar-refractivity contribution is -0.168. The minimum absolute atomic E-state index is 0.178. The third-order valence-electron chi connectivity index (χ3n) is 10.5. The Kier molecular flexibility index (Phi) is 37.4. The number of hydrogen-bond donors (Lipinski definition) is 2. The molecule has 0 heterocycles. The first-order valence-corrected chi connectivity index (χ1v) is 24.1. The quantitative estimate of drug-likeness (QED) is 0.0345. The first-order chi connectivity index (χ1) is 28.4. The molecule has 2 N–H and O–H groups in total. The summed E-state index contributed by atoms with van der Waals surface area (Å²) in [4.78, 5) is 62.0. The molecule has 0 radical (unpaired) electrons. The lowest BCUT2D eigenvalue weighted by Crippen LogP contribution is -2.46. The zero-order valence-electron chi connectivity index (χ0n) is 38.5. The van der Waals surface area contributed by atoms with E-state index in [1.54, 1.807) is 20.8 Å². The maximum Gasteiger partial charge on any atom is 0.408 e. The fourth-order valence-electron chi connectivity index (χ4n) is 6.99. The Morgan fingerprint density at radius 2 is 0.831 bits per heavy atom. The van der Waals surface area contributed by atoms with E-state index in [2.05, 4.69) is 19.2 Å². The highest BCUT2D eigenvalue weighted by molar-refractivity contribution is 5.85. The van der Waals surface area contributed by atoms with Gasteiger partial charge in [0.25, 0.3) is 0 Å². The van der Waals surface area contributed by atoms with Gasteiger partial charge in [-0.1, -0.05) is 194 Å². The zero-order valence-corrected chi connectivity index (χ0v) is 38.5. The number of alkyl carbamates (subject to hydrolysis) is 1. The molecule has 0 aromatic rings. The normalized spacial score (nSPS) is 12.4. The van der Waals surface area contributed by atoms with E-state index >= 15 is 0 Å². The van der Waals surface area contributed by atoms with Gasteiger partial charge in [-0.05, 0) is 33.6 Å². The second-order valence-electron chi connectivity index (χ2n) is 17.6. The summed E-state index contributed by atoms with van der Waals surface area (Å²) in [5.74, 6) is -3.29.